The molecule has 7 nitrogen and oxygen atoms in total. The van der Waals surface area contributed by atoms with Crippen molar-refractivity contribution in [3.63, 3.8) is 0 Å². The molecule has 26 heavy (non-hydrogen) atoms. The van der Waals surface area contributed by atoms with Gasteiger partial charge < -0.3 is 9.47 Å². The van der Waals surface area contributed by atoms with Crippen molar-refractivity contribution in [1.82, 2.24) is 13.1 Å². The molecule has 0 unspecified atom stereocenters. The molecule has 0 aliphatic carbocycles. The first-order chi connectivity index (χ1) is 12.5. The highest BCUT2D eigenvalue weighted by atomic mass is 32.2. The second kappa shape index (κ2) is 7.56. The molecule has 2 aromatic carbocycles. The number of sulfonamides is 1. The smallest absolute Gasteiger partial charge is 0.245 e. The van der Waals surface area contributed by atoms with E-state index in [0.717, 1.165) is 17.3 Å². The van der Waals surface area contributed by atoms with Gasteiger partial charge in [-0.25, -0.2) is 8.42 Å². The Hall–Kier alpha value is -2.23. The summed E-state index contributed by atoms with van der Waals surface area (Å²) in [6.07, 6.45) is 0. The van der Waals surface area contributed by atoms with Gasteiger partial charge in [-0.05, 0) is 29.8 Å². The van der Waals surface area contributed by atoms with Gasteiger partial charge in [0.25, 0.3) is 0 Å². The van der Waals surface area contributed by atoms with Crippen LogP contribution in [0, 0.1) is 0 Å². The molecule has 0 bridgehead atoms. The average molecular weight is 393 g/mol. The number of hydrogen-bond acceptors (Lipinski definition) is 7. The number of rotatable bonds is 7. The maximum absolute atomic E-state index is 13.2. The van der Waals surface area contributed by atoms with E-state index in [4.69, 9.17) is 9.47 Å². The summed E-state index contributed by atoms with van der Waals surface area (Å²) >= 11 is 1.00. The normalized spacial score (nSPS) is 11.8. The van der Waals surface area contributed by atoms with Crippen LogP contribution in [-0.2, 0) is 16.6 Å². The van der Waals surface area contributed by atoms with Gasteiger partial charge in [0, 0.05) is 13.1 Å². The van der Waals surface area contributed by atoms with Gasteiger partial charge in [0.05, 0.1) is 25.9 Å². The van der Waals surface area contributed by atoms with E-state index in [2.05, 4.69) is 8.75 Å². The molecular formula is C17H19N3O4S2. The molecule has 0 saturated heterocycles. The van der Waals surface area contributed by atoms with Crippen LogP contribution in [0.15, 0.2) is 41.3 Å². The third kappa shape index (κ3) is 3.37. The van der Waals surface area contributed by atoms with Crippen LogP contribution < -0.4 is 9.47 Å². The van der Waals surface area contributed by atoms with Crippen LogP contribution in [-0.4, -0.2) is 42.2 Å². The van der Waals surface area contributed by atoms with Crippen LogP contribution in [0.2, 0.25) is 0 Å². The summed E-state index contributed by atoms with van der Waals surface area (Å²) in [5.74, 6) is 1.16. The first-order valence-electron chi connectivity index (χ1n) is 7.93. The Balaban J connectivity index is 1.97. The number of hydrogen-bond donors (Lipinski definition) is 0. The lowest BCUT2D eigenvalue weighted by atomic mass is 10.2. The van der Waals surface area contributed by atoms with Gasteiger partial charge >= 0.3 is 0 Å². The van der Waals surface area contributed by atoms with E-state index in [9.17, 15) is 8.42 Å². The van der Waals surface area contributed by atoms with E-state index >= 15 is 0 Å². The summed E-state index contributed by atoms with van der Waals surface area (Å²) in [5.41, 5.74) is 1.79. The number of ether oxygens (including phenoxy) is 2. The zero-order chi connectivity index (χ0) is 18.7. The minimum absolute atomic E-state index is 0.172. The maximum atomic E-state index is 13.2. The molecular weight excluding hydrogens is 374 g/mol. The topological polar surface area (TPSA) is 81.6 Å². The molecule has 0 radical (unpaired) electrons. The monoisotopic (exact) mass is 393 g/mol. The Labute approximate surface area is 156 Å². The lowest BCUT2D eigenvalue weighted by Crippen LogP contribution is -2.30. The number of methoxy groups -OCH3 is 2. The predicted octanol–water partition coefficient (Wildman–Crippen LogP) is 2.92. The molecule has 138 valence electrons. The van der Waals surface area contributed by atoms with Gasteiger partial charge in [-0.15, -0.1) is 0 Å². The molecule has 0 atom stereocenters. The lowest BCUT2D eigenvalue weighted by molar-refractivity contribution is 0.353. The standard InChI is InChI=1S/C17H19N3O4S2/c1-4-20(11-12-8-9-14(23-2)15(10-12)24-3)26(21,22)16-7-5-6-13-17(16)19-25-18-13/h5-10H,4,11H2,1-3H3. The van der Waals surface area contributed by atoms with Crippen LogP contribution in [0.5, 0.6) is 11.5 Å². The van der Waals surface area contributed by atoms with Crippen molar-refractivity contribution in [3.8, 4) is 11.5 Å². The summed E-state index contributed by atoms with van der Waals surface area (Å²) in [7, 11) is -0.610. The number of nitrogens with zero attached hydrogens (tertiary/aromatic N) is 3. The summed E-state index contributed by atoms with van der Waals surface area (Å²) in [6.45, 7) is 2.34. The van der Waals surface area contributed by atoms with Crippen molar-refractivity contribution in [1.29, 1.82) is 0 Å². The quantitative estimate of drug-likeness (QED) is 0.614. The minimum atomic E-state index is -3.72. The van der Waals surface area contributed by atoms with E-state index in [-0.39, 0.29) is 11.4 Å². The molecule has 1 heterocycles. The fraction of sp³-hybridized carbons (Fsp3) is 0.294. The van der Waals surface area contributed by atoms with Crippen LogP contribution in [0.3, 0.4) is 0 Å². The van der Waals surface area contributed by atoms with Crippen molar-refractivity contribution in [2.24, 2.45) is 0 Å². The highest BCUT2D eigenvalue weighted by Gasteiger charge is 2.27. The van der Waals surface area contributed by atoms with Crippen LogP contribution in [0.1, 0.15) is 12.5 Å². The minimum Gasteiger partial charge on any atom is -0.493 e. The Morgan fingerprint density at radius 3 is 2.54 bits per heavy atom. The highest BCUT2D eigenvalue weighted by molar-refractivity contribution is 7.89. The molecule has 3 aromatic rings. The molecule has 0 saturated carbocycles. The van der Waals surface area contributed by atoms with Crippen molar-refractivity contribution in [2.45, 2.75) is 18.4 Å². The van der Waals surface area contributed by atoms with Crippen LogP contribution >= 0.6 is 11.7 Å². The van der Waals surface area contributed by atoms with Crippen LogP contribution in [0.4, 0.5) is 0 Å². The number of benzene rings is 2. The zero-order valence-electron chi connectivity index (χ0n) is 14.7. The fourth-order valence-electron chi connectivity index (χ4n) is 2.68. The molecule has 0 amide bonds. The van der Waals surface area contributed by atoms with Gasteiger partial charge in [0.15, 0.2) is 11.5 Å². The second-order valence-electron chi connectivity index (χ2n) is 5.51. The fourth-order valence-corrected chi connectivity index (χ4v) is 4.87. The van der Waals surface area contributed by atoms with Crippen molar-refractivity contribution < 1.29 is 17.9 Å². The molecule has 3 rings (SSSR count). The van der Waals surface area contributed by atoms with Gasteiger partial charge in [-0.1, -0.05) is 19.1 Å². The third-order valence-electron chi connectivity index (χ3n) is 4.03. The van der Waals surface area contributed by atoms with Crippen molar-refractivity contribution >= 4 is 32.8 Å². The molecule has 0 spiro atoms. The summed E-state index contributed by atoms with van der Waals surface area (Å²) < 4.78 is 46.5. The zero-order valence-corrected chi connectivity index (χ0v) is 16.3. The van der Waals surface area contributed by atoms with Gasteiger partial charge in [-0.3, -0.25) is 0 Å². The van der Waals surface area contributed by atoms with E-state index < -0.39 is 10.0 Å². The Bertz CT molecular complexity index is 1020. The molecule has 9 heteroatoms. The Morgan fingerprint density at radius 2 is 1.85 bits per heavy atom. The molecule has 0 aliphatic rings. The van der Waals surface area contributed by atoms with Gasteiger partial charge in [0.2, 0.25) is 10.0 Å². The summed E-state index contributed by atoms with van der Waals surface area (Å²) in [5, 5.41) is 0. The summed E-state index contributed by atoms with van der Waals surface area (Å²) in [4.78, 5) is 0.172. The molecule has 0 N–H and O–H groups in total. The van der Waals surface area contributed by atoms with E-state index in [1.807, 2.05) is 6.07 Å². The predicted molar refractivity (Wildman–Crippen MR) is 100 cm³/mol. The number of aromatic nitrogens is 2. The Morgan fingerprint density at radius 1 is 1.08 bits per heavy atom. The lowest BCUT2D eigenvalue weighted by Gasteiger charge is -2.21. The molecule has 0 fully saturated rings. The van der Waals surface area contributed by atoms with Crippen LogP contribution in [0.25, 0.3) is 11.0 Å². The van der Waals surface area contributed by atoms with E-state index in [1.54, 1.807) is 51.5 Å². The number of fused-ring (bicyclic) bond motifs is 1. The molecule has 0 aliphatic heterocycles. The van der Waals surface area contributed by atoms with E-state index in [0.29, 0.717) is 29.1 Å². The molecule has 1 aromatic heterocycles. The van der Waals surface area contributed by atoms with Gasteiger partial charge in [0.1, 0.15) is 15.9 Å². The van der Waals surface area contributed by atoms with Crippen molar-refractivity contribution in [2.75, 3.05) is 20.8 Å². The SMILES string of the molecule is CCN(Cc1ccc(OC)c(OC)c1)S(=O)(=O)c1cccc2nsnc12. The first-order valence-corrected chi connectivity index (χ1v) is 10.1. The average Bonchev–Trinajstić information content (AvgIpc) is 3.14. The van der Waals surface area contributed by atoms with E-state index in [1.165, 1.54) is 4.31 Å². The summed E-state index contributed by atoms with van der Waals surface area (Å²) in [6, 6.07) is 10.4. The first kappa shape index (κ1) is 18.6. The third-order valence-corrected chi connectivity index (χ3v) is 6.52. The largest absolute Gasteiger partial charge is 0.493 e. The highest BCUT2D eigenvalue weighted by Crippen LogP contribution is 2.30. The maximum Gasteiger partial charge on any atom is 0.245 e. The van der Waals surface area contributed by atoms with Crippen molar-refractivity contribution in [3.05, 3.63) is 42.0 Å². The Kier molecular flexibility index (Phi) is 5.40. The van der Waals surface area contributed by atoms with Gasteiger partial charge in [-0.2, -0.15) is 13.1 Å². The second-order valence-corrected chi connectivity index (χ2v) is 7.94.